The molecule has 0 spiro atoms. The summed E-state index contributed by atoms with van der Waals surface area (Å²) in [4.78, 5) is 28.7. The number of hydrogen-bond donors (Lipinski definition) is 2. The van der Waals surface area contributed by atoms with Crippen molar-refractivity contribution in [3.8, 4) is 11.3 Å². The van der Waals surface area contributed by atoms with E-state index in [4.69, 9.17) is 0 Å². The summed E-state index contributed by atoms with van der Waals surface area (Å²) >= 11 is 0. The zero-order chi connectivity index (χ0) is 22.8. The van der Waals surface area contributed by atoms with Gasteiger partial charge in [-0.1, -0.05) is 6.07 Å². The molecule has 2 saturated carbocycles. The predicted octanol–water partition coefficient (Wildman–Crippen LogP) is 4.42. The van der Waals surface area contributed by atoms with Gasteiger partial charge in [0, 0.05) is 11.6 Å². The SMILES string of the molecule is Cc1cc(-c2cn3nc(C(=O)N[C@H](C)C4CC4)c(C4CC4)c3c(=O)[nH]2)ccc1C(F)(F)F. The van der Waals surface area contributed by atoms with E-state index in [-0.39, 0.29) is 29.1 Å². The fourth-order valence-corrected chi connectivity index (χ4v) is 4.31. The molecular formula is C23H23F3N4O2. The standard InChI is InChI=1S/C23H23F3N4O2/c1-11-9-15(7-8-16(11)23(24,25)26)17-10-30-20(22(32)28-17)18(14-5-6-14)19(29-30)21(31)27-12(2)13-3-4-13/h7-10,12-14H,3-6H2,1-2H3,(H,27,31)(H,28,32)/t12-/m1/s1. The molecule has 168 valence electrons. The van der Waals surface area contributed by atoms with Crippen LogP contribution in [0.5, 0.6) is 0 Å². The maximum atomic E-state index is 13.1. The molecule has 6 nitrogen and oxygen atoms in total. The third-order valence-corrected chi connectivity index (χ3v) is 6.39. The maximum Gasteiger partial charge on any atom is 0.416 e. The second-order valence-electron chi connectivity index (χ2n) is 8.95. The van der Waals surface area contributed by atoms with Gasteiger partial charge < -0.3 is 10.3 Å². The van der Waals surface area contributed by atoms with Gasteiger partial charge in [-0.05, 0) is 74.6 Å². The van der Waals surface area contributed by atoms with Crippen LogP contribution in [-0.2, 0) is 6.18 Å². The van der Waals surface area contributed by atoms with E-state index in [0.29, 0.717) is 28.3 Å². The van der Waals surface area contributed by atoms with Gasteiger partial charge in [0.1, 0.15) is 5.52 Å². The number of aromatic amines is 1. The van der Waals surface area contributed by atoms with Crippen molar-refractivity contribution in [3.63, 3.8) is 0 Å². The molecule has 1 amide bonds. The Bertz CT molecular complexity index is 1280. The number of carbonyl (C=O) groups excluding carboxylic acids is 1. The largest absolute Gasteiger partial charge is 0.416 e. The van der Waals surface area contributed by atoms with Crippen LogP contribution >= 0.6 is 0 Å². The predicted molar refractivity (Wildman–Crippen MR) is 113 cm³/mol. The van der Waals surface area contributed by atoms with Gasteiger partial charge in [0.15, 0.2) is 5.69 Å². The molecule has 2 aromatic heterocycles. The molecule has 9 heteroatoms. The molecule has 1 aromatic carbocycles. The van der Waals surface area contributed by atoms with E-state index in [1.165, 1.54) is 23.6 Å². The van der Waals surface area contributed by atoms with E-state index in [0.717, 1.165) is 31.7 Å². The highest BCUT2D eigenvalue weighted by Gasteiger charge is 2.36. The van der Waals surface area contributed by atoms with Crippen molar-refractivity contribution >= 4 is 11.4 Å². The molecule has 3 aromatic rings. The Morgan fingerprint density at radius 1 is 1.25 bits per heavy atom. The number of nitrogens with one attached hydrogen (secondary N) is 2. The smallest absolute Gasteiger partial charge is 0.348 e. The summed E-state index contributed by atoms with van der Waals surface area (Å²) in [5, 5.41) is 7.44. The van der Waals surface area contributed by atoms with Crippen molar-refractivity contribution in [1.82, 2.24) is 19.9 Å². The number of rotatable bonds is 5. The maximum absolute atomic E-state index is 13.1. The lowest BCUT2D eigenvalue weighted by Crippen LogP contribution is -2.34. The Labute approximate surface area is 181 Å². The summed E-state index contributed by atoms with van der Waals surface area (Å²) in [6.45, 7) is 3.35. The number of nitrogens with zero attached hydrogens (tertiary/aromatic N) is 2. The first-order valence-electron chi connectivity index (χ1n) is 10.8. The van der Waals surface area contributed by atoms with Crippen molar-refractivity contribution in [2.45, 2.75) is 57.7 Å². The summed E-state index contributed by atoms with van der Waals surface area (Å²) in [5.74, 6) is 0.310. The van der Waals surface area contributed by atoms with Gasteiger partial charge in [0.2, 0.25) is 0 Å². The number of halogens is 3. The van der Waals surface area contributed by atoms with Gasteiger partial charge in [-0.3, -0.25) is 9.59 Å². The van der Waals surface area contributed by atoms with Crippen molar-refractivity contribution in [2.75, 3.05) is 0 Å². The molecule has 2 fully saturated rings. The molecule has 0 aliphatic heterocycles. The van der Waals surface area contributed by atoms with Crippen molar-refractivity contribution in [1.29, 1.82) is 0 Å². The Morgan fingerprint density at radius 3 is 2.56 bits per heavy atom. The Balaban J connectivity index is 1.57. The third kappa shape index (κ3) is 3.69. The highest BCUT2D eigenvalue weighted by atomic mass is 19.4. The van der Waals surface area contributed by atoms with Crippen molar-refractivity contribution in [2.24, 2.45) is 5.92 Å². The summed E-state index contributed by atoms with van der Waals surface area (Å²) in [5.41, 5.74) is 0.933. The molecule has 1 atom stereocenters. The highest BCUT2D eigenvalue weighted by molar-refractivity contribution is 5.96. The van der Waals surface area contributed by atoms with E-state index < -0.39 is 17.3 Å². The molecule has 32 heavy (non-hydrogen) atoms. The number of amides is 1. The number of alkyl halides is 3. The first kappa shape index (κ1) is 20.8. The van der Waals surface area contributed by atoms with Gasteiger partial charge in [0.05, 0.1) is 17.5 Å². The van der Waals surface area contributed by atoms with E-state index in [2.05, 4.69) is 15.4 Å². The van der Waals surface area contributed by atoms with Crippen LogP contribution in [0.1, 0.15) is 65.7 Å². The minimum Gasteiger partial charge on any atom is -0.348 e. The minimum absolute atomic E-state index is 0.0448. The zero-order valence-electron chi connectivity index (χ0n) is 17.7. The third-order valence-electron chi connectivity index (χ3n) is 6.39. The second kappa shape index (κ2) is 7.21. The van der Waals surface area contributed by atoms with Gasteiger partial charge in [-0.25, -0.2) is 4.52 Å². The van der Waals surface area contributed by atoms with Crippen LogP contribution in [-0.4, -0.2) is 26.5 Å². The Morgan fingerprint density at radius 2 is 1.97 bits per heavy atom. The molecule has 0 bridgehead atoms. The molecule has 2 heterocycles. The summed E-state index contributed by atoms with van der Waals surface area (Å²) in [6, 6.07) is 3.76. The number of fused-ring (bicyclic) bond motifs is 1. The number of benzene rings is 1. The zero-order valence-corrected chi connectivity index (χ0v) is 17.7. The van der Waals surface area contributed by atoms with Crippen LogP contribution < -0.4 is 10.9 Å². The molecule has 2 N–H and O–H groups in total. The van der Waals surface area contributed by atoms with Crippen LogP contribution in [0.25, 0.3) is 16.8 Å². The van der Waals surface area contributed by atoms with Crippen LogP contribution in [0, 0.1) is 12.8 Å². The molecule has 0 radical (unpaired) electrons. The molecule has 2 aliphatic carbocycles. The van der Waals surface area contributed by atoms with Gasteiger partial charge in [-0.2, -0.15) is 18.3 Å². The lowest BCUT2D eigenvalue weighted by Gasteiger charge is -2.12. The first-order chi connectivity index (χ1) is 15.1. The second-order valence-corrected chi connectivity index (χ2v) is 8.95. The average Bonchev–Trinajstić information content (AvgIpc) is 3.63. The molecule has 0 saturated heterocycles. The van der Waals surface area contributed by atoms with E-state index in [1.54, 1.807) is 6.20 Å². The van der Waals surface area contributed by atoms with Crippen LogP contribution in [0.2, 0.25) is 0 Å². The summed E-state index contributed by atoms with van der Waals surface area (Å²) in [6.07, 6.45) is 1.08. The Kier molecular flexibility index (Phi) is 4.69. The number of hydrogen-bond acceptors (Lipinski definition) is 3. The van der Waals surface area contributed by atoms with E-state index in [9.17, 15) is 22.8 Å². The molecule has 0 unspecified atom stereocenters. The van der Waals surface area contributed by atoms with Crippen molar-refractivity contribution < 1.29 is 18.0 Å². The highest BCUT2D eigenvalue weighted by Crippen LogP contribution is 2.43. The first-order valence-corrected chi connectivity index (χ1v) is 10.8. The lowest BCUT2D eigenvalue weighted by atomic mass is 10.0. The summed E-state index contributed by atoms with van der Waals surface area (Å²) < 4.78 is 40.7. The molecular weight excluding hydrogens is 421 g/mol. The fourth-order valence-electron chi connectivity index (χ4n) is 4.31. The normalized spacial score (nSPS) is 17.5. The topological polar surface area (TPSA) is 79.3 Å². The Hall–Kier alpha value is -3.10. The number of aryl methyl sites for hydroxylation is 1. The minimum atomic E-state index is -4.44. The molecule has 5 rings (SSSR count). The van der Waals surface area contributed by atoms with Crippen LogP contribution in [0.4, 0.5) is 13.2 Å². The quantitative estimate of drug-likeness (QED) is 0.611. The van der Waals surface area contributed by atoms with Gasteiger partial charge in [-0.15, -0.1) is 0 Å². The number of H-pyrrole nitrogens is 1. The van der Waals surface area contributed by atoms with Crippen molar-refractivity contribution in [3.05, 3.63) is 57.1 Å². The fraction of sp³-hybridized carbons (Fsp3) is 0.435. The van der Waals surface area contributed by atoms with E-state index >= 15 is 0 Å². The summed E-state index contributed by atoms with van der Waals surface area (Å²) in [7, 11) is 0. The van der Waals surface area contributed by atoms with Crippen LogP contribution in [0.3, 0.4) is 0 Å². The number of carbonyl (C=O) groups is 1. The average molecular weight is 444 g/mol. The lowest BCUT2D eigenvalue weighted by molar-refractivity contribution is -0.138. The monoisotopic (exact) mass is 444 g/mol. The van der Waals surface area contributed by atoms with Gasteiger partial charge in [0.25, 0.3) is 11.5 Å². The van der Waals surface area contributed by atoms with Crippen LogP contribution in [0.15, 0.2) is 29.2 Å². The van der Waals surface area contributed by atoms with Gasteiger partial charge >= 0.3 is 6.18 Å². The van der Waals surface area contributed by atoms with E-state index in [1.807, 2.05) is 6.92 Å². The number of aromatic nitrogens is 3. The molecule has 2 aliphatic rings.